The Bertz CT molecular complexity index is 1140. The minimum Gasteiger partial charge on any atom is -0.463 e. The maximum Gasteiger partial charge on any atom is 0.338 e. The third-order valence-electron chi connectivity index (χ3n) is 5.40. The summed E-state index contributed by atoms with van der Waals surface area (Å²) in [5, 5.41) is 6.30. The van der Waals surface area contributed by atoms with Crippen LogP contribution < -0.4 is 5.32 Å². The van der Waals surface area contributed by atoms with Gasteiger partial charge in [0, 0.05) is 46.0 Å². The quantitative estimate of drug-likeness (QED) is 0.410. The Morgan fingerprint density at radius 2 is 2.21 bits per heavy atom. The molecule has 8 nitrogen and oxygen atoms in total. The molecule has 0 unspecified atom stereocenters. The first-order chi connectivity index (χ1) is 16.4. The van der Waals surface area contributed by atoms with Crippen molar-refractivity contribution in [2.75, 3.05) is 32.9 Å². The van der Waals surface area contributed by atoms with Crippen LogP contribution in [-0.4, -0.2) is 65.8 Å². The average molecular weight is 541 g/mol. The van der Waals surface area contributed by atoms with Crippen molar-refractivity contribution >= 4 is 64.1 Å². The summed E-state index contributed by atoms with van der Waals surface area (Å²) in [7, 11) is 0. The number of thiazole rings is 1. The number of aromatic nitrogens is 1. The van der Waals surface area contributed by atoms with E-state index >= 15 is 0 Å². The number of morpholine rings is 1. The molecule has 4 rings (SSSR count). The smallest absolute Gasteiger partial charge is 0.338 e. The van der Waals surface area contributed by atoms with Gasteiger partial charge in [0.1, 0.15) is 12.1 Å². The molecule has 180 valence electrons. The highest BCUT2D eigenvalue weighted by atomic mass is 35.5. The van der Waals surface area contributed by atoms with Crippen LogP contribution in [0.2, 0.25) is 10.0 Å². The van der Waals surface area contributed by atoms with Gasteiger partial charge in [0.2, 0.25) is 5.12 Å². The van der Waals surface area contributed by atoms with Gasteiger partial charge in [-0.05, 0) is 19.1 Å². The zero-order valence-electron chi connectivity index (χ0n) is 18.2. The van der Waals surface area contributed by atoms with E-state index in [0.717, 1.165) is 0 Å². The summed E-state index contributed by atoms with van der Waals surface area (Å²) in [6.45, 7) is 3.36. The second kappa shape index (κ2) is 11.2. The summed E-state index contributed by atoms with van der Waals surface area (Å²) in [4.78, 5) is 36.5. The van der Waals surface area contributed by atoms with E-state index < -0.39 is 18.1 Å². The third kappa shape index (κ3) is 5.48. The summed E-state index contributed by atoms with van der Waals surface area (Å²) in [5.41, 5.74) is 1.46. The van der Waals surface area contributed by atoms with Gasteiger partial charge in [-0.25, -0.2) is 9.78 Å². The molecule has 2 aromatic rings. The Morgan fingerprint density at radius 1 is 1.38 bits per heavy atom. The molecule has 1 aromatic heterocycles. The van der Waals surface area contributed by atoms with E-state index in [1.807, 2.05) is 10.3 Å². The molecule has 12 heteroatoms. The Hall–Kier alpha value is -1.95. The maximum absolute atomic E-state index is 13.2. The number of benzene rings is 1. The van der Waals surface area contributed by atoms with Crippen LogP contribution in [0.5, 0.6) is 0 Å². The van der Waals surface area contributed by atoms with E-state index in [9.17, 15) is 9.59 Å². The monoisotopic (exact) mass is 540 g/mol. The number of carbonyl (C=O) groups excluding carboxylic acids is 2. The standard InChI is InChI=1S/C22H22Cl2N4O4S2/c1-2-32-21(29)17-15(10-28-6-7-31-11-16(28)22(30)33)26-19(20-25-5-8-34-20)27-18(17)13-4-3-12(23)9-14(13)24/h3-5,8-9,16,18H,2,6-7,10-11H2,1H3,(H,26,27)(H,30,33)/t16-,18+/m1/s1. The molecule has 0 aliphatic carbocycles. The number of nitrogens with one attached hydrogen (secondary N) is 1. The number of aliphatic imine (C=N–C) groups is 1. The van der Waals surface area contributed by atoms with Gasteiger partial charge >= 0.3 is 5.97 Å². The predicted octanol–water partition coefficient (Wildman–Crippen LogP) is 3.52. The van der Waals surface area contributed by atoms with E-state index in [2.05, 4.69) is 22.9 Å². The molecular weight excluding hydrogens is 519 g/mol. The van der Waals surface area contributed by atoms with Gasteiger partial charge in [0.15, 0.2) is 10.8 Å². The van der Waals surface area contributed by atoms with Gasteiger partial charge in [0.05, 0.1) is 25.4 Å². The molecule has 0 radical (unpaired) electrons. The van der Waals surface area contributed by atoms with E-state index in [4.69, 9.17) is 37.7 Å². The number of thiol groups is 1. The molecule has 1 saturated heterocycles. The largest absolute Gasteiger partial charge is 0.463 e. The van der Waals surface area contributed by atoms with Crippen molar-refractivity contribution in [2.45, 2.75) is 19.0 Å². The topological polar surface area (TPSA) is 93.1 Å². The molecule has 2 atom stereocenters. The van der Waals surface area contributed by atoms with Crippen molar-refractivity contribution in [2.24, 2.45) is 4.99 Å². The molecule has 3 heterocycles. The molecule has 0 spiro atoms. The molecule has 2 aliphatic heterocycles. The fraction of sp³-hybridized carbons (Fsp3) is 0.364. The number of hydrogen-bond donors (Lipinski definition) is 2. The Labute approximate surface area is 216 Å². The van der Waals surface area contributed by atoms with Crippen molar-refractivity contribution in [3.63, 3.8) is 0 Å². The van der Waals surface area contributed by atoms with E-state index in [0.29, 0.717) is 50.9 Å². The van der Waals surface area contributed by atoms with Gasteiger partial charge in [-0.1, -0.05) is 29.3 Å². The molecule has 2 aliphatic rings. The molecule has 0 amide bonds. The van der Waals surface area contributed by atoms with Crippen LogP contribution in [0, 0.1) is 0 Å². The molecular formula is C22H22Cl2N4O4S2. The fourth-order valence-corrected chi connectivity index (χ4v) is 5.16. The first-order valence-corrected chi connectivity index (χ1v) is 12.6. The zero-order chi connectivity index (χ0) is 24.2. The minimum atomic E-state index is -0.759. The van der Waals surface area contributed by atoms with Crippen LogP contribution in [0.1, 0.15) is 23.5 Å². The van der Waals surface area contributed by atoms with Crippen LogP contribution in [0.15, 0.2) is 46.0 Å². The first kappa shape index (κ1) is 25.2. The number of rotatable bonds is 7. The second-order valence-corrected chi connectivity index (χ2v) is 9.70. The Balaban J connectivity index is 1.83. The number of amidine groups is 1. The predicted molar refractivity (Wildman–Crippen MR) is 135 cm³/mol. The normalized spacial score (nSPS) is 21.1. The highest BCUT2D eigenvalue weighted by molar-refractivity contribution is 7.96. The van der Waals surface area contributed by atoms with Crippen LogP contribution >= 0.6 is 47.2 Å². The van der Waals surface area contributed by atoms with Crippen molar-refractivity contribution < 1.29 is 19.1 Å². The summed E-state index contributed by atoms with van der Waals surface area (Å²) in [6.07, 6.45) is 1.68. The van der Waals surface area contributed by atoms with Crippen molar-refractivity contribution in [1.82, 2.24) is 15.2 Å². The lowest BCUT2D eigenvalue weighted by atomic mass is 9.95. The molecule has 1 fully saturated rings. The summed E-state index contributed by atoms with van der Waals surface area (Å²) in [6, 6.07) is 3.75. The average Bonchev–Trinajstić information content (AvgIpc) is 3.34. The lowest BCUT2D eigenvalue weighted by Crippen LogP contribution is -2.51. The lowest BCUT2D eigenvalue weighted by molar-refractivity contribution is -0.139. The highest BCUT2D eigenvalue weighted by Gasteiger charge is 2.36. The van der Waals surface area contributed by atoms with Gasteiger partial charge in [0.25, 0.3) is 0 Å². The van der Waals surface area contributed by atoms with Gasteiger partial charge in [-0.2, -0.15) is 0 Å². The maximum atomic E-state index is 13.2. The van der Waals surface area contributed by atoms with Crippen LogP contribution in [0.4, 0.5) is 0 Å². The van der Waals surface area contributed by atoms with Crippen LogP contribution in [0.25, 0.3) is 0 Å². The van der Waals surface area contributed by atoms with Gasteiger partial charge in [-0.3, -0.25) is 14.7 Å². The van der Waals surface area contributed by atoms with Crippen molar-refractivity contribution in [1.29, 1.82) is 0 Å². The molecule has 1 aromatic carbocycles. The van der Waals surface area contributed by atoms with E-state index in [1.54, 1.807) is 31.3 Å². The minimum absolute atomic E-state index is 0.190. The number of esters is 1. The van der Waals surface area contributed by atoms with Crippen molar-refractivity contribution in [3.8, 4) is 0 Å². The number of nitrogens with zero attached hydrogens (tertiary/aromatic N) is 3. The number of hydrogen-bond acceptors (Lipinski definition) is 9. The number of halogens is 2. The first-order valence-electron chi connectivity index (χ1n) is 10.5. The lowest BCUT2D eigenvalue weighted by Gasteiger charge is -2.36. The fourth-order valence-electron chi connectivity index (χ4n) is 3.82. The molecule has 34 heavy (non-hydrogen) atoms. The SMILES string of the molecule is CCOC(=O)C1=C(CN2CCOC[C@@H]2C(=O)S)NC(c2nccs2)=N[C@H]1c1ccc(Cl)cc1Cl. The molecule has 0 bridgehead atoms. The summed E-state index contributed by atoms with van der Waals surface area (Å²) < 4.78 is 10.9. The van der Waals surface area contributed by atoms with Gasteiger partial charge in [-0.15, -0.1) is 24.0 Å². The zero-order valence-corrected chi connectivity index (χ0v) is 21.4. The van der Waals surface area contributed by atoms with E-state index in [1.165, 1.54) is 11.3 Å². The van der Waals surface area contributed by atoms with Crippen LogP contribution in [0.3, 0.4) is 0 Å². The highest BCUT2D eigenvalue weighted by Crippen LogP contribution is 2.37. The molecule has 1 N–H and O–H groups in total. The second-order valence-electron chi connectivity index (χ2n) is 7.52. The van der Waals surface area contributed by atoms with Crippen molar-refractivity contribution in [3.05, 3.63) is 61.7 Å². The molecule has 0 saturated carbocycles. The Kier molecular flexibility index (Phi) is 8.28. The van der Waals surface area contributed by atoms with Gasteiger partial charge < -0.3 is 14.8 Å². The number of ether oxygens (including phenoxy) is 2. The Morgan fingerprint density at radius 3 is 2.88 bits per heavy atom. The number of carbonyl (C=O) groups is 2. The third-order valence-corrected chi connectivity index (χ3v) is 7.04. The summed E-state index contributed by atoms with van der Waals surface area (Å²) in [5.74, 6) is -0.0268. The van der Waals surface area contributed by atoms with E-state index in [-0.39, 0.29) is 24.9 Å². The van der Waals surface area contributed by atoms with Crippen LogP contribution in [-0.2, 0) is 19.1 Å². The summed E-state index contributed by atoms with van der Waals surface area (Å²) >= 11 is 18.1.